The maximum absolute atomic E-state index is 9.81. The van der Waals surface area contributed by atoms with E-state index in [0.29, 0.717) is 19.1 Å². The molecule has 1 atom stereocenters. The van der Waals surface area contributed by atoms with Gasteiger partial charge in [0.2, 0.25) is 0 Å². The largest absolute Gasteiger partial charge is 0.389 e. The number of methoxy groups -OCH3 is 1. The van der Waals surface area contributed by atoms with E-state index in [9.17, 15) is 5.11 Å². The van der Waals surface area contributed by atoms with E-state index >= 15 is 0 Å². The third-order valence-corrected chi connectivity index (χ3v) is 2.94. The third-order valence-electron chi connectivity index (χ3n) is 2.94. The summed E-state index contributed by atoms with van der Waals surface area (Å²) in [5.74, 6) is 1.52. The topological polar surface area (TPSA) is 57.6 Å². The molecule has 2 N–H and O–H groups in total. The van der Waals surface area contributed by atoms with Gasteiger partial charge in [-0.1, -0.05) is 19.9 Å². The minimum Gasteiger partial charge on any atom is -0.389 e. The number of nitrogens with zero attached hydrogens (tertiary/aromatic N) is 2. The SMILES string of the molecule is COCC(O)CN(C)c1ncccc1CNCC(C)C. The average Bonchev–Trinajstić information content (AvgIpc) is 2.39. The van der Waals surface area contributed by atoms with Crippen molar-refractivity contribution in [2.45, 2.75) is 26.5 Å². The highest BCUT2D eigenvalue weighted by Gasteiger charge is 2.12. The van der Waals surface area contributed by atoms with Gasteiger partial charge in [-0.15, -0.1) is 0 Å². The first kappa shape index (κ1) is 16.9. The molecule has 0 saturated carbocycles. The number of hydrogen-bond donors (Lipinski definition) is 2. The zero-order valence-electron chi connectivity index (χ0n) is 13.0. The van der Waals surface area contributed by atoms with Crippen molar-refractivity contribution in [3.63, 3.8) is 0 Å². The zero-order chi connectivity index (χ0) is 15.0. The van der Waals surface area contributed by atoms with E-state index in [0.717, 1.165) is 24.5 Å². The fourth-order valence-corrected chi connectivity index (χ4v) is 2.06. The van der Waals surface area contributed by atoms with Gasteiger partial charge in [-0.2, -0.15) is 0 Å². The lowest BCUT2D eigenvalue weighted by atomic mass is 10.2. The molecule has 0 saturated heterocycles. The molecule has 0 bridgehead atoms. The minimum atomic E-state index is -0.511. The van der Waals surface area contributed by atoms with E-state index < -0.39 is 6.10 Å². The molecule has 0 aliphatic carbocycles. The van der Waals surface area contributed by atoms with Crippen molar-refractivity contribution >= 4 is 5.82 Å². The van der Waals surface area contributed by atoms with Crippen LogP contribution in [0.5, 0.6) is 0 Å². The molecule has 0 aliphatic rings. The molecule has 20 heavy (non-hydrogen) atoms. The van der Waals surface area contributed by atoms with Gasteiger partial charge in [0.1, 0.15) is 5.82 Å². The first-order valence-electron chi connectivity index (χ1n) is 7.07. The molecule has 0 aliphatic heterocycles. The maximum atomic E-state index is 9.81. The fourth-order valence-electron chi connectivity index (χ4n) is 2.06. The van der Waals surface area contributed by atoms with Gasteiger partial charge in [0.15, 0.2) is 0 Å². The summed E-state index contributed by atoms with van der Waals surface area (Å²) in [5.41, 5.74) is 1.14. The van der Waals surface area contributed by atoms with E-state index in [1.165, 1.54) is 0 Å². The highest BCUT2D eigenvalue weighted by molar-refractivity contribution is 5.46. The summed E-state index contributed by atoms with van der Waals surface area (Å²) < 4.78 is 4.95. The summed E-state index contributed by atoms with van der Waals surface area (Å²) in [5, 5.41) is 13.2. The Hall–Kier alpha value is -1.17. The molecule has 0 amide bonds. The number of ether oxygens (including phenoxy) is 1. The van der Waals surface area contributed by atoms with Crippen LogP contribution >= 0.6 is 0 Å². The molecular formula is C15H27N3O2. The minimum absolute atomic E-state index is 0.331. The summed E-state index contributed by atoms with van der Waals surface area (Å²) in [6, 6.07) is 4.00. The summed E-state index contributed by atoms with van der Waals surface area (Å²) in [4.78, 5) is 6.39. The fraction of sp³-hybridized carbons (Fsp3) is 0.667. The van der Waals surface area contributed by atoms with Gasteiger partial charge >= 0.3 is 0 Å². The standard InChI is InChI=1S/C15H27N3O2/c1-12(2)8-16-9-13-6-5-7-17-15(13)18(3)10-14(19)11-20-4/h5-7,12,14,16,19H,8-11H2,1-4H3. The molecule has 1 heterocycles. The molecule has 0 spiro atoms. The number of rotatable bonds is 9. The van der Waals surface area contributed by atoms with Crippen LogP contribution in [0.1, 0.15) is 19.4 Å². The van der Waals surface area contributed by atoms with Gasteiger partial charge in [0, 0.05) is 39.0 Å². The predicted molar refractivity (Wildman–Crippen MR) is 81.9 cm³/mol. The average molecular weight is 281 g/mol. The van der Waals surface area contributed by atoms with Gasteiger partial charge in [-0.25, -0.2) is 4.98 Å². The number of aliphatic hydroxyl groups is 1. The van der Waals surface area contributed by atoms with Crippen molar-refractivity contribution in [1.82, 2.24) is 10.3 Å². The van der Waals surface area contributed by atoms with Crippen molar-refractivity contribution in [3.8, 4) is 0 Å². The highest BCUT2D eigenvalue weighted by Crippen LogP contribution is 2.16. The second-order valence-corrected chi connectivity index (χ2v) is 5.50. The molecule has 0 radical (unpaired) electrons. The molecule has 0 fully saturated rings. The second-order valence-electron chi connectivity index (χ2n) is 5.50. The number of nitrogens with one attached hydrogen (secondary N) is 1. The van der Waals surface area contributed by atoms with Crippen molar-refractivity contribution in [3.05, 3.63) is 23.9 Å². The van der Waals surface area contributed by atoms with Crippen molar-refractivity contribution in [2.24, 2.45) is 5.92 Å². The lowest BCUT2D eigenvalue weighted by Crippen LogP contribution is -2.33. The van der Waals surface area contributed by atoms with Crippen molar-refractivity contribution < 1.29 is 9.84 Å². The van der Waals surface area contributed by atoms with Crippen LogP contribution in [0.25, 0.3) is 0 Å². The molecule has 5 heteroatoms. The van der Waals surface area contributed by atoms with Gasteiger partial charge in [0.05, 0.1) is 12.7 Å². The number of aliphatic hydroxyl groups excluding tert-OH is 1. The Balaban J connectivity index is 2.63. The first-order valence-corrected chi connectivity index (χ1v) is 7.07. The molecule has 5 nitrogen and oxygen atoms in total. The molecular weight excluding hydrogens is 254 g/mol. The smallest absolute Gasteiger partial charge is 0.132 e. The molecule has 1 unspecified atom stereocenters. The molecule has 1 aromatic rings. The van der Waals surface area contributed by atoms with Crippen LogP contribution in [0.3, 0.4) is 0 Å². The van der Waals surface area contributed by atoms with Gasteiger partial charge < -0.3 is 20.1 Å². The van der Waals surface area contributed by atoms with Gasteiger partial charge in [-0.3, -0.25) is 0 Å². The lowest BCUT2D eigenvalue weighted by Gasteiger charge is -2.23. The second kappa shape index (κ2) is 8.89. The van der Waals surface area contributed by atoms with Crippen LogP contribution in [0, 0.1) is 5.92 Å². The Morgan fingerprint density at radius 1 is 1.45 bits per heavy atom. The normalized spacial score (nSPS) is 12.7. The van der Waals surface area contributed by atoms with Crippen LogP contribution in [-0.4, -0.2) is 50.0 Å². The quantitative estimate of drug-likeness (QED) is 0.714. The van der Waals surface area contributed by atoms with Gasteiger partial charge in [-0.05, 0) is 18.5 Å². The lowest BCUT2D eigenvalue weighted by molar-refractivity contribution is 0.0694. The maximum Gasteiger partial charge on any atom is 0.132 e. The highest BCUT2D eigenvalue weighted by atomic mass is 16.5. The molecule has 0 aromatic carbocycles. The van der Waals surface area contributed by atoms with Crippen LogP contribution in [0.4, 0.5) is 5.82 Å². The van der Waals surface area contributed by atoms with Crippen LogP contribution in [0.15, 0.2) is 18.3 Å². The van der Waals surface area contributed by atoms with E-state index in [-0.39, 0.29) is 0 Å². The van der Waals surface area contributed by atoms with E-state index in [2.05, 4.69) is 30.2 Å². The zero-order valence-corrected chi connectivity index (χ0v) is 13.0. The molecule has 1 rings (SSSR count). The summed E-state index contributed by atoms with van der Waals surface area (Å²) in [6.45, 7) is 6.96. The Kier molecular flexibility index (Phi) is 7.51. The summed E-state index contributed by atoms with van der Waals surface area (Å²) in [7, 11) is 3.53. The Morgan fingerprint density at radius 2 is 2.20 bits per heavy atom. The monoisotopic (exact) mass is 281 g/mol. The third kappa shape index (κ3) is 5.86. The first-order chi connectivity index (χ1) is 9.54. The molecule has 1 aromatic heterocycles. The number of anilines is 1. The summed E-state index contributed by atoms with van der Waals surface area (Å²) >= 11 is 0. The van der Waals surface area contributed by atoms with Crippen LogP contribution < -0.4 is 10.2 Å². The Bertz CT molecular complexity index is 385. The number of aromatic nitrogens is 1. The van der Waals surface area contributed by atoms with E-state index in [1.807, 2.05) is 18.0 Å². The number of hydrogen-bond acceptors (Lipinski definition) is 5. The van der Waals surface area contributed by atoms with E-state index in [4.69, 9.17) is 4.74 Å². The van der Waals surface area contributed by atoms with Crippen molar-refractivity contribution in [1.29, 1.82) is 0 Å². The predicted octanol–water partition coefficient (Wildman–Crippen LogP) is 1.27. The number of pyridine rings is 1. The van der Waals surface area contributed by atoms with Crippen LogP contribution in [-0.2, 0) is 11.3 Å². The van der Waals surface area contributed by atoms with Gasteiger partial charge in [0.25, 0.3) is 0 Å². The van der Waals surface area contributed by atoms with Crippen LogP contribution in [0.2, 0.25) is 0 Å². The summed E-state index contributed by atoms with van der Waals surface area (Å²) in [6.07, 6.45) is 1.27. The Labute approximate surface area is 122 Å². The number of likely N-dealkylation sites (N-methyl/N-ethyl adjacent to an activating group) is 1. The van der Waals surface area contributed by atoms with E-state index in [1.54, 1.807) is 13.3 Å². The molecule has 114 valence electrons. The Morgan fingerprint density at radius 3 is 2.85 bits per heavy atom. The van der Waals surface area contributed by atoms with Crippen molar-refractivity contribution in [2.75, 3.05) is 38.8 Å².